The molecule has 3 fully saturated rings. The van der Waals surface area contributed by atoms with Gasteiger partial charge in [-0.1, -0.05) is 19.3 Å². The second-order valence-corrected chi connectivity index (χ2v) is 9.52. The highest BCUT2D eigenvalue weighted by atomic mass is 16.2. The van der Waals surface area contributed by atoms with Crippen LogP contribution in [-0.4, -0.2) is 58.7 Å². The van der Waals surface area contributed by atoms with Crippen molar-refractivity contribution in [1.82, 2.24) is 15.1 Å². The Balaban J connectivity index is 1.45. The Hall–Kier alpha value is -1.59. The SMILES string of the molecule is CC(C)(C)N1CC(C(=O)N2CCC(NC(=O)C3CCCCC3)CC2)CC1=O. The first-order chi connectivity index (χ1) is 12.8. The summed E-state index contributed by atoms with van der Waals surface area (Å²) < 4.78 is 0. The van der Waals surface area contributed by atoms with E-state index in [1.807, 2.05) is 30.6 Å². The molecule has 1 aliphatic carbocycles. The maximum atomic E-state index is 12.9. The lowest BCUT2D eigenvalue weighted by molar-refractivity contribution is -0.137. The molecule has 0 radical (unpaired) electrons. The summed E-state index contributed by atoms with van der Waals surface area (Å²) in [6.45, 7) is 7.91. The van der Waals surface area contributed by atoms with E-state index in [9.17, 15) is 14.4 Å². The van der Waals surface area contributed by atoms with Crippen LogP contribution in [0.25, 0.3) is 0 Å². The lowest BCUT2D eigenvalue weighted by atomic mass is 9.88. The molecule has 0 bridgehead atoms. The maximum Gasteiger partial charge on any atom is 0.227 e. The molecule has 0 aromatic heterocycles. The van der Waals surface area contributed by atoms with Gasteiger partial charge in [-0.25, -0.2) is 0 Å². The van der Waals surface area contributed by atoms with E-state index < -0.39 is 0 Å². The number of rotatable bonds is 3. The van der Waals surface area contributed by atoms with Crippen LogP contribution in [-0.2, 0) is 14.4 Å². The third-order valence-corrected chi connectivity index (χ3v) is 6.41. The molecular weight excluding hydrogens is 342 g/mol. The molecule has 0 spiro atoms. The monoisotopic (exact) mass is 377 g/mol. The molecule has 27 heavy (non-hydrogen) atoms. The number of carbonyl (C=O) groups is 3. The third-order valence-electron chi connectivity index (χ3n) is 6.41. The number of hydrogen-bond acceptors (Lipinski definition) is 3. The lowest BCUT2D eigenvalue weighted by Gasteiger charge is -2.35. The Labute approximate surface area is 163 Å². The van der Waals surface area contributed by atoms with Gasteiger partial charge in [-0.05, 0) is 46.5 Å². The molecule has 2 saturated heterocycles. The molecule has 0 aromatic rings. The molecule has 6 nitrogen and oxygen atoms in total. The molecule has 1 saturated carbocycles. The van der Waals surface area contributed by atoms with Crippen molar-refractivity contribution >= 4 is 17.7 Å². The van der Waals surface area contributed by atoms with Crippen molar-refractivity contribution in [3.63, 3.8) is 0 Å². The summed E-state index contributed by atoms with van der Waals surface area (Å²) in [7, 11) is 0. The molecular formula is C21H35N3O3. The normalized spacial score (nSPS) is 25.7. The van der Waals surface area contributed by atoms with Crippen LogP contribution in [0.15, 0.2) is 0 Å². The van der Waals surface area contributed by atoms with Crippen molar-refractivity contribution in [3.05, 3.63) is 0 Å². The smallest absolute Gasteiger partial charge is 0.227 e. The van der Waals surface area contributed by atoms with Gasteiger partial charge in [0, 0.05) is 43.6 Å². The Bertz CT molecular complexity index is 570. The Morgan fingerprint density at radius 2 is 1.59 bits per heavy atom. The number of nitrogens with one attached hydrogen (secondary N) is 1. The fourth-order valence-corrected chi connectivity index (χ4v) is 4.71. The van der Waals surface area contributed by atoms with Crippen LogP contribution in [0.5, 0.6) is 0 Å². The number of carbonyl (C=O) groups excluding carboxylic acids is 3. The fourth-order valence-electron chi connectivity index (χ4n) is 4.71. The standard InChI is InChI=1S/C21H35N3O3/c1-21(2,3)24-14-16(13-18(24)25)20(27)23-11-9-17(10-12-23)22-19(26)15-7-5-4-6-8-15/h15-17H,4-14H2,1-3H3,(H,22,26). The largest absolute Gasteiger partial charge is 0.353 e. The van der Waals surface area contributed by atoms with Crippen LogP contribution in [0.3, 0.4) is 0 Å². The molecule has 152 valence electrons. The minimum Gasteiger partial charge on any atom is -0.353 e. The first kappa shape index (κ1) is 20.2. The first-order valence-electron chi connectivity index (χ1n) is 10.7. The molecule has 1 unspecified atom stereocenters. The zero-order valence-electron chi connectivity index (χ0n) is 17.1. The van der Waals surface area contributed by atoms with Crippen molar-refractivity contribution in [2.24, 2.45) is 11.8 Å². The number of nitrogens with zero attached hydrogens (tertiary/aromatic N) is 2. The van der Waals surface area contributed by atoms with E-state index in [4.69, 9.17) is 0 Å². The van der Waals surface area contributed by atoms with Gasteiger partial charge in [-0.15, -0.1) is 0 Å². The van der Waals surface area contributed by atoms with E-state index in [1.165, 1.54) is 6.42 Å². The van der Waals surface area contributed by atoms with Crippen molar-refractivity contribution in [3.8, 4) is 0 Å². The van der Waals surface area contributed by atoms with Gasteiger partial charge in [-0.2, -0.15) is 0 Å². The number of piperidine rings is 1. The highest BCUT2D eigenvalue weighted by Crippen LogP contribution is 2.28. The van der Waals surface area contributed by atoms with Gasteiger partial charge in [0.25, 0.3) is 0 Å². The Morgan fingerprint density at radius 3 is 2.15 bits per heavy atom. The van der Waals surface area contributed by atoms with Gasteiger partial charge < -0.3 is 15.1 Å². The number of hydrogen-bond donors (Lipinski definition) is 1. The van der Waals surface area contributed by atoms with Crippen LogP contribution in [0.1, 0.15) is 72.1 Å². The molecule has 3 rings (SSSR count). The number of amides is 3. The quantitative estimate of drug-likeness (QED) is 0.821. The molecule has 3 amide bonds. The highest BCUT2D eigenvalue weighted by molar-refractivity contribution is 5.89. The average molecular weight is 378 g/mol. The molecule has 2 heterocycles. The van der Waals surface area contributed by atoms with Crippen LogP contribution < -0.4 is 5.32 Å². The summed E-state index contributed by atoms with van der Waals surface area (Å²) in [5.41, 5.74) is -0.234. The van der Waals surface area contributed by atoms with Gasteiger partial charge >= 0.3 is 0 Å². The van der Waals surface area contributed by atoms with Crippen molar-refractivity contribution in [2.45, 2.75) is 83.7 Å². The summed E-state index contributed by atoms with van der Waals surface area (Å²) in [5, 5.41) is 3.21. The van der Waals surface area contributed by atoms with Gasteiger partial charge in [0.2, 0.25) is 17.7 Å². The summed E-state index contributed by atoms with van der Waals surface area (Å²) in [6, 6.07) is 0.180. The molecule has 0 aromatic carbocycles. The van der Waals surface area contributed by atoms with Crippen LogP contribution >= 0.6 is 0 Å². The molecule has 3 aliphatic rings. The van der Waals surface area contributed by atoms with Crippen molar-refractivity contribution < 1.29 is 14.4 Å². The topological polar surface area (TPSA) is 69.7 Å². The second-order valence-electron chi connectivity index (χ2n) is 9.52. The minimum absolute atomic E-state index is 0.0791. The maximum absolute atomic E-state index is 12.9. The predicted octanol–water partition coefficient (Wildman–Crippen LogP) is 2.32. The van der Waals surface area contributed by atoms with E-state index in [-0.39, 0.29) is 41.1 Å². The Morgan fingerprint density at radius 1 is 0.963 bits per heavy atom. The van der Waals surface area contributed by atoms with Gasteiger partial charge in [0.1, 0.15) is 0 Å². The van der Waals surface area contributed by atoms with Crippen LogP contribution in [0.2, 0.25) is 0 Å². The summed E-state index contributed by atoms with van der Waals surface area (Å²) in [5.74, 6) is 0.362. The molecule has 2 aliphatic heterocycles. The van der Waals surface area contributed by atoms with E-state index in [2.05, 4.69) is 5.32 Å². The average Bonchev–Trinajstić information content (AvgIpc) is 3.04. The highest BCUT2D eigenvalue weighted by Gasteiger charge is 2.41. The Kier molecular flexibility index (Phi) is 6.11. The zero-order valence-corrected chi connectivity index (χ0v) is 17.1. The van der Waals surface area contributed by atoms with Crippen molar-refractivity contribution in [1.29, 1.82) is 0 Å². The molecule has 6 heteroatoms. The number of likely N-dealkylation sites (tertiary alicyclic amines) is 2. The van der Waals surface area contributed by atoms with E-state index in [0.29, 0.717) is 26.1 Å². The fraction of sp³-hybridized carbons (Fsp3) is 0.857. The van der Waals surface area contributed by atoms with E-state index in [0.717, 1.165) is 38.5 Å². The summed E-state index contributed by atoms with van der Waals surface area (Å²) in [4.78, 5) is 41.2. The first-order valence-corrected chi connectivity index (χ1v) is 10.7. The van der Waals surface area contributed by atoms with Crippen LogP contribution in [0.4, 0.5) is 0 Å². The third kappa shape index (κ3) is 4.82. The van der Waals surface area contributed by atoms with E-state index in [1.54, 1.807) is 0 Å². The molecule has 1 N–H and O–H groups in total. The second kappa shape index (κ2) is 8.19. The van der Waals surface area contributed by atoms with Gasteiger partial charge in [0.05, 0.1) is 5.92 Å². The lowest BCUT2D eigenvalue weighted by Crippen LogP contribution is -2.49. The van der Waals surface area contributed by atoms with Crippen molar-refractivity contribution in [2.75, 3.05) is 19.6 Å². The van der Waals surface area contributed by atoms with Crippen LogP contribution in [0, 0.1) is 11.8 Å². The zero-order chi connectivity index (χ0) is 19.6. The van der Waals surface area contributed by atoms with Gasteiger partial charge in [0.15, 0.2) is 0 Å². The van der Waals surface area contributed by atoms with Gasteiger partial charge in [-0.3, -0.25) is 14.4 Å². The minimum atomic E-state index is -0.234. The van der Waals surface area contributed by atoms with E-state index >= 15 is 0 Å². The molecule has 1 atom stereocenters. The predicted molar refractivity (Wildman–Crippen MR) is 104 cm³/mol. The summed E-state index contributed by atoms with van der Waals surface area (Å²) >= 11 is 0. The summed E-state index contributed by atoms with van der Waals surface area (Å²) in [6.07, 6.45) is 7.57.